The van der Waals surface area contributed by atoms with Crippen molar-refractivity contribution in [3.63, 3.8) is 0 Å². The molecule has 1 rings (SSSR count). The molecule has 0 aromatic heterocycles. The Morgan fingerprint density at radius 1 is 0.868 bits per heavy atom. The first-order valence-electron chi connectivity index (χ1n) is 14.9. The van der Waals surface area contributed by atoms with Crippen LogP contribution in [0.2, 0.25) is 0 Å². The zero-order valence-electron chi connectivity index (χ0n) is 23.7. The first kappa shape index (κ1) is 35.0. The largest absolute Gasteiger partial charge is 0.394 e. The summed E-state index contributed by atoms with van der Waals surface area (Å²) in [7, 11) is 0. The van der Waals surface area contributed by atoms with Gasteiger partial charge in [0.05, 0.1) is 25.4 Å². The lowest BCUT2D eigenvalue weighted by Gasteiger charge is -2.40. The van der Waals surface area contributed by atoms with E-state index in [4.69, 9.17) is 9.47 Å². The smallest absolute Gasteiger partial charge is 0.220 e. The highest BCUT2D eigenvalue weighted by atomic mass is 16.7. The molecule has 0 radical (unpaired) electrons. The summed E-state index contributed by atoms with van der Waals surface area (Å²) in [6.07, 6.45) is 11.5. The molecular formula is C29H55NO8. The van der Waals surface area contributed by atoms with E-state index in [1.807, 2.05) is 6.08 Å². The second kappa shape index (κ2) is 21.7. The van der Waals surface area contributed by atoms with Crippen LogP contribution in [0.4, 0.5) is 0 Å². The van der Waals surface area contributed by atoms with Crippen LogP contribution in [0, 0.1) is 0 Å². The molecule has 1 aliphatic heterocycles. The van der Waals surface area contributed by atoms with E-state index in [1.165, 1.54) is 51.4 Å². The van der Waals surface area contributed by atoms with Gasteiger partial charge in [0.25, 0.3) is 0 Å². The third-order valence-electron chi connectivity index (χ3n) is 7.11. The first-order valence-corrected chi connectivity index (χ1v) is 14.9. The van der Waals surface area contributed by atoms with Gasteiger partial charge in [0, 0.05) is 6.42 Å². The number of aliphatic hydroxyl groups excluding tert-OH is 5. The number of allylic oxidation sites excluding steroid dienone is 1. The molecule has 0 spiro atoms. The standard InChI is InChI=1S/C29H55NO8/c1-3-5-7-9-11-13-14-16-18-23(32)22(30-25(33)19-17-15-12-10-8-6-4-2)21-37-29-28(36)27(35)26(34)24(20-31)38-29/h16,18,22-24,26-29,31-32,34-36H,3-15,17,19-21H2,1-2H3,(H,30,33)/b18-16+. The summed E-state index contributed by atoms with van der Waals surface area (Å²) in [5.74, 6) is -0.190. The average molecular weight is 546 g/mol. The topological polar surface area (TPSA) is 149 Å². The van der Waals surface area contributed by atoms with Crippen LogP contribution in [-0.4, -0.2) is 87.5 Å². The SMILES string of the molecule is CCCCCCCC/C=C/C(O)C(COC1OC(CO)C(O)C(O)C1O)NC(=O)CCCCCCCCC. The van der Waals surface area contributed by atoms with Crippen LogP contribution in [0.15, 0.2) is 12.2 Å². The monoisotopic (exact) mass is 545 g/mol. The Morgan fingerprint density at radius 2 is 1.45 bits per heavy atom. The average Bonchev–Trinajstić information content (AvgIpc) is 2.91. The molecule has 0 saturated carbocycles. The van der Waals surface area contributed by atoms with Gasteiger partial charge in [-0.25, -0.2) is 0 Å². The quantitative estimate of drug-likeness (QED) is 0.0898. The van der Waals surface area contributed by atoms with Gasteiger partial charge < -0.3 is 40.3 Å². The van der Waals surface area contributed by atoms with Crippen LogP contribution >= 0.6 is 0 Å². The molecule has 1 amide bonds. The molecule has 0 aromatic rings. The minimum absolute atomic E-state index is 0.187. The summed E-state index contributed by atoms with van der Waals surface area (Å²) in [5, 5.41) is 53.3. The number of aliphatic hydroxyl groups is 5. The summed E-state index contributed by atoms with van der Waals surface area (Å²) in [4.78, 5) is 12.6. The third kappa shape index (κ3) is 14.4. The van der Waals surface area contributed by atoms with E-state index in [0.717, 1.165) is 38.5 Å². The minimum atomic E-state index is -1.56. The summed E-state index contributed by atoms with van der Waals surface area (Å²) in [6.45, 7) is 3.62. The molecule has 9 heteroatoms. The number of hydrogen-bond donors (Lipinski definition) is 6. The number of amides is 1. The summed E-state index contributed by atoms with van der Waals surface area (Å²) in [6, 6.07) is -0.791. The highest BCUT2D eigenvalue weighted by Crippen LogP contribution is 2.22. The van der Waals surface area contributed by atoms with Crippen molar-refractivity contribution in [2.45, 2.75) is 153 Å². The van der Waals surface area contributed by atoms with Crippen molar-refractivity contribution in [1.29, 1.82) is 0 Å². The Kier molecular flexibility index (Phi) is 20.0. The van der Waals surface area contributed by atoms with E-state index in [-0.39, 0.29) is 12.5 Å². The van der Waals surface area contributed by atoms with E-state index in [1.54, 1.807) is 6.08 Å². The first-order chi connectivity index (χ1) is 18.3. The van der Waals surface area contributed by atoms with Gasteiger partial charge in [-0.15, -0.1) is 0 Å². The zero-order chi connectivity index (χ0) is 28.2. The second-order valence-electron chi connectivity index (χ2n) is 10.6. The van der Waals surface area contributed by atoms with Gasteiger partial charge in [-0.05, 0) is 19.3 Å². The Bertz CT molecular complexity index is 617. The van der Waals surface area contributed by atoms with Gasteiger partial charge >= 0.3 is 0 Å². The van der Waals surface area contributed by atoms with Gasteiger partial charge in [0.1, 0.15) is 24.4 Å². The number of unbranched alkanes of at least 4 members (excludes halogenated alkanes) is 12. The van der Waals surface area contributed by atoms with Crippen LogP contribution in [0.25, 0.3) is 0 Å². The maximum Gasteiger partial charge on any atom is 0.220 e. The highest BCUT2D eigenvalue weighted by molar-refractivity contribution is 5.76. The molecule has 224 valence electrons. The lowest BCUT2D eigenvalue weighted by Crippen LogP contribution is -2.60. The van der Waals surface area contributed by atoms with E-state index in [2.05, 4.69) is 19.2 Å². The van der Waals surface area contributed by atoms with E-state index in [9.17, 15) is 30.3 Å². The summed E-state index contributed by atoms with van der Waals surface area (Å²) < 4.78 is 11.0. The van der Waals surface area contributed by atoms with Gasteiger partial charge in [-0.3, -0.25) is 4.79 Å². The molecule has 9 nitrogen and oxygen atoms in total. The molecule has 1 aliphatic rings. The number of nitrogens with one attached hydrogen (secondary N) is 1. The van der Waals surface area contributed by atoms with Crippen molar-refractivity contribution < 1.29 is 39.8 Å². The fourth-order valence-electron chi connectivity index (χ4n) is 4.56. The Morgan fingerprint density at radius 3 is 2.05 bits per heavy atom. The maximum atomic E-state index is 12.6. The summed E-state index contributed by atoms with van der Waals surface area (Å²) in [5.41, 5.74) is 0. The van der Waals surface area contributed by atoms with Crippen molar-refractivity contribution in [1.82, 2.24) is 5.32 Å². The molecular weight excluding hydrogens is 490 g/mol. The lowest BCUT2D eigenvalue weighted by molar-refractivity contribution is -0.302. The molecule has 0 aromatic carbocycles. The summed E-state index contributed by atoms with van der Waals surface area (Å²) >= 11 is 0. The number of rotatable bonds is 22. The zero-order valence-corrected chi connectivity index (χ0v) is 23.7. The molecule has 7 unspecified atom stereocenters. The van der Waals surface area contributed by atoms with Crippen LogP contribution in [0.3, 0.4) is 0 Å². The molecule has 1 fully saturated rings. The predicted octanol–water partition coefficient (Wildman–Crippen LogP) is 3.10. The molecule has 7 atom stereocenters. The minimum Gasteiger partial charge on any atom is -0.394 e. The van der Waals surface area contributed by atoms with E-state index < -0.39 is 49.5 Å². The molecule has 1 saturated heterocycles. The molecule has 1 heterocycles. The molecule has 6 N–H and O–H groups in total. The van der Waals surface area contributed by atoms with Gasteiger partial charge in [0.15, 0.2) is 6.29 Å². The van der Waals surface area contributed by atoms with Crippen molar-refractivity contribution in [3.05, 3.63) is 12.2 Å². The van der Waals surface area contributed by atoms with Crippen LogP contribution in [0.5, 0.6) is 0 Å². The van der Waals surface area contributed by atoms with Crippen molar-refractivity contribution in [2.24, 2.45) is 0 Å². The number of hydrogen-bond acceptors (Lipinski definition) is 8. The Labute approximate surface area is 229 Å². The fourth-order valence-corrected chi connectivity index (χ4v) is 4.56. The van der Waals surface area contributed by atoms with Gasteiger partial charge in [0.2, 0.25) is 5.91 Å². The Balaban J connectivity index is 2.61. The third-order valence-corrected chi connectivity index (χ3v) is 7.11. The Hall–Kier alpha value is -1.07. The lowest BCUT2D eigenvalue weighted by atomic mass is 9.99. The maximum absolute atomic E-state index is 12.6. The number of carbonyl (C=O) groups excluding carboxylic acids is 1. The van der Waals surface area contributed by atoms with Crippen LogP contribution in [-0.2, 0) is 14.3 Å². The van der Waals surface area contributed by atoms with Crippen LogP contribution < -0.4 is 5.32 Å². The van der Waals surface area contributed by atoms with Crippen molar-refractivity contribution >= 4 is 5.91 Å². The normalized spacial score (nSPS) is 25.5. The van der Waals surface area contributed by atoms with E-state index in [0.29, 0.717) is 6.42 Å². The van der Waals surface area contributed by atoms with Crippen molar-refractivity contribution in [3.8, 4) is 0 Å². The molecule has 0 aliphatic carbocycles. The highest BCUT2D eigenvalue weighted by Gasteiger charge is 2.44. The predicted molar refractivity (Wildman–Crippen MR) is 147 cm³/mol. The molecule has 38 heavy (non-hydrogen) atoms. The fraction of sp³-hybridized carbons (Fsp3) is 0.897. The van der Waals surface area contributed by atoms with Crippen molar-refractivity contribution in [2.75, 3.05) is 13.2 Å². The number of ether oxygens (including phenoxy) is 2. The van der Waals surface area contributed by atoms with Gasteiger partial charge in [-0.2, -0.15) is 0 Å². The van der Waals surface area contributed by atoms with Crippen LogP contribution in [0.1, 0.15) is 110 Å². The molecule has 0 bridgehead atoms. The second-order valence-corrected chi connectivity index (χ2v) is 10.6. The van der Waals surface area contributed by atoms with E-state index >= 15 is 0 Å². The van der Waals surface area contributed by atoms with Gasteiger partial charge in [-0.1, -0.05) is 96.6 Å². The number of carbonyl (C=O) groups is 1.